The van der Waals surface area contributed by atoms with Gasteiger partial charge in [-0.25, -0.2) is 4.98 Å². The van der Waals surface area contributed by atoms with Crippen LogP contribution in [0.15, 0.2) is 42.5 Å². The van der Waals surface area contributed by atoms with Crippen molar-refractivity contribution < 1.29 is 0 Å². The minimum Gasteiger partial charge on any atom is -0.356 e. The average Bonchev–Trinajstić information content (AvgIpc) is 2.94. The summed E-state index contributed by atoms with van der Waals surface area (Å²) in [5.74, 6) is 1.29. The topological polar surface area (TPSA) is 37.8 Å². The molecule has 20 heavy (non-hydrogen) atoms. The van der Waals surface area contributed by atoms with Gasteiger partial charge in [-0.2, -0.15) is 4.37 Å². The van der Waals surface area contributed by atoms with E-state index >= 15 is 0 Å². The van der Waals surface area contributed by atoms with Crippen LogP contribution in [0.25, 0.3) is 10.8 Å². The van der Waals surface area contributed by atoms with Crippen molar-refractivity contribution >= 4 is 27.4 Å². The van der Waals surface area contributed by atoms with Gasteiger partial charge in [0.05, 0.1) is 0 Å². The molecular weight excluding hydrogens is 266 g/mol. The maximum absolute atomic E-state index is 4.50. The minimum atomic E-state index is 0.374. The minimum absolute atomic E-state index is 0.374. The fourth-order valence-corrected chi connectivity index (χ4v) is 2.86. The van der Waals surface area contributed by atoms with E-state index in [9.17, 15) is 0 Å². The Morgan fingerprint density at radius 2 is 1.90 bits per heavy atom. The highest BCUT2D eigenvalue weighted by Crippen LogP contribution is 2.21. The van der Waals surface area contributed by atoms with Crippen LogP contribution in [0.4, 0.5) is 5.13 Å². The Labute approximate surface area is 122 Å². The standard InChI is InChI=1S/C16H17N3S/c1-11(2)15-18-16(20-19-15)17-10-13-8-5-7-12-6-3-4-9-14(12)13/h3-9,11H,10H2,1-2H3,(H,17,18,19). The van der Waals surface area contributed by atoms with Gasteiger partial charge in [0.15, 0.2) is 0 Å². The molecule has 3 rings (SSSR count). The zero-order valence-corrected chi connectivity index (χ0v) is 12.4. The number of hydrogen-bond donors (Lipinski definition) is 1. The van der Waals surface area contributed by atoms with Crippen molar-refractivity contribution in [3.05, 3.63) is 53.9 Å². The maximum Gasteiger partial charge on any atom is 0.202 e. The van der Waals surface area contributed by atoms with Crippen LogP contribution in [0, 0.1) is 0 Å². The second-order valence-corrected chi connectivity index (χ2v) is 5.86. The summed E-state index contributed by atoms with van der Waals surface area (Å²) >= 11 is 1.43. The zero-order valence-electron chi connectivity index (χ0n) is 11.6. The third kappa shape index (κ3) is 2.65. The van der Waals surface area contributed by atoms with E-state index in [0.29, 0.717) is 5.92 Å². The average molecular weight is 283 g/mol. The molecule has 0 aliphatic carbocycles. The van der Waals surface area contributed by atoms with Gasteiger partial charge in [-0.15, -0.1) is 0 Å². The van der Waals surface area contributed by atoms with Gasteiger partial charge in [-0.1, -0.05) is 56.3 Å². The molecule has 0 saturated carbocycles. The Morgan fingerprint density at radius 1 is 1.10 bits per heavy atom. The molecule has 0 saturated heterocycles. The first kappa shape index (κ1) is 13.1. The molecule has 0 radical (unpaired) electrons. The van der Waals surface area contributed by atoms with E-state index in [0.717, 1.165) is 17.5 Å². The van der Waals surface area contributed by atoms with Gasteiger partial charge in [0.25, 0.3) is 0 Å². The molecule has 0 unspecified atom stereocenters. The number of aromatic nitrogens is 2. The molecule has 0 spiro atoms. The van der Waals surface area contributed by atoms with E-state index in [-0.39, 0.29) is 0 Å². The van der Waals surface area contributed by atoms with Gasteiger partial charge in [0, 0.05) is 24.0 Å². The Hall–Kier alpha value is -1.94. The third-order valence-corrected chi connectivity index (χ3v) is 3.96. The predicted molar refractivity (Wildman–Crippen MR) is 85.3 cm³/mol. The highest BCUT2D eigenvalue weighted by atomic mass is 32.1. The summed E-state index contributed by atoms with van der Waals surface area (Å²) in [4.78, 5) is 4.50. The highest BCUT2D eigenvalue weighted by molar-refractivity contribution is 7.09. The van der Waals surface area contributed by atoms with Crippen LogP contribution in [0.1, 0.15) is 31.2 Å². The fourth-order valence-electron chi connectivity index (χ4n) is 2.16. The van der Waals surface area contributed by atoms with Crippen molar-refractivity contribution in [1.29, 1.82) is 0 Å². The molecule has 0 bridgehead atoms. The SMILES string of the molecule is CC(C)c1nsc(NCc2cccc3ccccc23)n1. The highest BCUT2D eigenvalue weighted by Gasteiger charge is 2.07. The van der Waals surface area contributed by atoms with E-state index in [4.69, 9.17) is 0 Å². The van der Waals surface area contributed by atoms with Crippen LogP contribution < -0.4 is 5.32 Å². The Kier molecular flexibility index (Phi) is 3.65. The molecule has 4 heteroatoms. The smallest absolute Gasteiger partial charge is 0.202 e. The Balaban J connectivity index is 1.79. The molecule has 0 amide bonds. The van der Waals surface area contributed by atoms with Crippen molar-refractivity contribution in [2.24, 2.45) is 0 Å². The van der Waals surface area contributed by atoms with Crippen LogP contribution in [0.2, 0.25) is 0 Å². The second kappa shape index (κ2) is 5.59. The van der Waals surface area contributed by atoms with E-state index in [1.807, 2.05) is 0 Å². The van der Waals surface area contributed by atoms with Crippen LogP contribution in [0.5, 0.6) is 0 Å². The molecule has 102 valence electrons. The van der Waals surface area contributed by atoms with Crippen molar-refractivity contribution in [2.45, 2.75) is 26.3 Å². The number of rotatable bonds is 4. The molecule has 1 N–H and O–H groups in total. The van der Waals surface area contributed by atoms with E-state index in [1.54, 1.807) is 0 Å². The van der Waals surface area contributed by atoms with Crippen molar-refractivity contribution in [2.75, 3.05) is 5.32 Å². The van der Waals surface area contributed by atoms with Gasteiger partial charge in [0.1, 0.15) is 5.82 Å². The van der Waals surface area contributed by atoms with E-state index < -0.39 is 0 Å². The fraction of sp³-hybridized carbons (Fsp3) is 0.250. The molecule has 1 aromatic heterocycles. The number of nitrogens with zero attached hydrogens (tertiary/aromatic N) is 2. The van der Waals surface area contributed by atoms with Crippen LogP contribution >= 0.6 is 11.5 Å². The predicted octanol–water partition coefficient (Wildman–Crippen LogP) is 4.43. The normalized spacial score (nSPS) is 11.2. The molecule has 3 nitrogen and oxygen atoms in total. The van der Waals surface area contributed by atoms with Crippen LogP contribution in [-0.4, -0.2) is 9.36 Å². The maximum atomic E-state index is 4.50. The number of nitrogens with one attached hydrogen (secondary N) is 1. The summed E-state index contributed by atoms with van der Waals surface area (Å²) in [6.07, 6.45) is 0. The first-order valence-corrected chi connectivity index (χ1v) is 7.55. The van der Waals surface area contributed by atoms with Crippen molar-refractivity contribution in [3.63, 3.8) is 0 Å². The van der Waals surface area contributed by atoms with Crippen LogP contribution in [-0.2, 0) is 6.54 Å². The van der Waals surface area contributed by atoms with Crippen molar-refractivity contribution in [3.8, 4) is 0 Å². The molecular formula is C16H17N3S. The quantitative estimate of drug-likeness (QED) is 0.770. The van der Waals surface area contributed by atoms with Gasteiger partial charge >= 0.3 is 0 Å². The Morgan fingerprint density at radius 3 is 2.70 bits per heavy atom. The van der Waals surface area contributed by atoms with Crippen LogP contribution in [0.3, 0.4) is 0 Å². The monoisotopic (exact) mass is 283 g/mol. The molecule has 0 aliphatic heterocycles. The lowest BCUT2D eigenvalue weighted by molar-refractivity contribution is 0.799. The summed E-state index contributed by atoms with van der Waals surface area (Å²) in [5.41, 5.74) is 1.28. The zero-order chi connectivity index (χ0) is 13.9. The first-order valence-electron chi connectivity index (χ1n) is 6.78. The van der Waals surface area contributed by atoms with E-state index in [2.05, 4.69) is 71.0 Å². The summed E-state index contributed by atoms with van der Waals surface area (Å²) in [5, 5.41) is 6.82. The molecule has 2 aromatic carbocycles. The molecule has 0 aliphatic rings. The summed E-state index contributed by atoms with van der Waals surface area (Å²) < 4.78 is 4.36. The summed E-state index contributed by atoms with van der Waals surface area (Å²) in [6, 6.07) is 14.8. The number of benzene rings is 2. The largest absolute Gasteiger partial charge is 0.356 e. The van der Waals surface area contributed by atoms with Crippen molar-refractivity contribution in [1.82, 2.24) is 9.36 Å². The molecule has 3 aromatic rings. The molecule has 1 heterocycles. The summed E-state index contributed by atoms with van der Waals surface area (Å²) in [6.45, 7) is 4.99. The van der Waals surface area contributed by atoms with Gasteiger partial charge in [0.2, 0.25) is 5.13 Å². The summed E-state index contributed by atoms with van der Waals surface area (Å²) in [7, 11) is 0. The lowest BCUT2D eigenvalue weighted by Gasteiger charge is -2.07. The third-order valence-electron chi connectivity index (χ3n) is 3.27. The number of fused-ring (bicyclic) bond motifs is 1. The molecule has 0 atom stereocenters. The van der Waals surface area contributed by atoms with Gasteiger partial charge < -0.3 is 5.32 Å². The number of anilines is 1. The molecule has 0 fully saturated rings. The van der Waals surface area contributed by atoms with Gasteiger partial charge in [-0.3, -0.25) is 0 Å². The lowest BCUT2D eigenvalue weighted by atomic mass is 10.0. The van der Waals surface area contributed by atoms with E-state index in [1.165, 1.54) is 27.9 Å². The Bertz CT molecular complexity index is 713. The second-order valence-electron chi connectivity index (χ2n) is 5.10. The van der Waals surface area contributed by atoms with Gasteiger partial charge in [-0.05, 0) is 16.3 Å². The first-order chi connectivity index (χ1) is 9.74. The number of hydrogen-bond acceptors (Lipinski definition) is 4. The lowest BCUT2D eigenvalue weighted by Crippen LogP contribution is -2.00.